The minimum absolute atomic E-state index is 0.363. The summed E-state index contributed by atoms with van der Waals surface area (Å²) in [5.41, 5.74) is 2.25. The van der Waals surface area contributed by atoms with Crippen LogP contribution in [0.15, 0.2) is 30.5 Å². The molecule has 0 fully saturated rings. The molecule has 3 rings (SSSR count). The first-order chi connectivity index (χ1) is 9.13. The molecule has 2 heterocycles. The third-order valence-electron chi connectivity index (χ3n) is 3.10. The number of benzene rings is 1. The van der Waals surface area contributed by atoms with Crippen molar-refractivity contribution in [2.24, 2.45) is 7.05 Å². The fraction of sp³-hybridized carbons (Fsp3) is 0.286. The summed E-state index contributed by atoms with van der Waals surface area (Å²) >= 11 is 1.41. The predicted molar refractivity (Wildman–Crippen MR) is 80.2 cm³/mol. The standard InChI is InChI=1S/C14H16N4S/c1-9(2)13-16-14(19-17-13)15-11-5-4-10-6-7-18(3)12(10)8-11/h4-9H,1-3H3,(H,15,16,17). The van der Waals surface area contributed by atoms with Crippen molar-refractivity contribution in [2.45, 2.75) is 19.8 Å². The molecule has 2 aromatic heterocycles. The van der Waals surface area contributed by atoms with Crippen LogP contribution < -0.4 is 5.32 Å². The smallest absolute Gasteiger partial charge is 0.207 e. The van der Waals surface area contributed by atoms with Crippen LogP contribution in [0.2, 0.25) is 0 Å². The average molecular weight is 272 g/mol. The van der Waals surface area contributed by atoms with Crippen LogP contribution in [0.4, 0.5) is 10.8 Å². The van der Waals surface area contributed by atoms with E-state index in [9.17, 15) is 0 Å². The van der Waals surface area contributed by atoms with Crippen molar-refractivity contribution in [3.8, 4) is 0 Å². The summed E-state index contributed by atoms with van der Waals surface area (Å²) in [6, 6.07) is 8.42. The fourth-order valence-electron chi connectivity index (χ4n) is 1.98. The lowest BCUT2D eigenvalue weighted by Gasteiger charge is -2.03. The Hall–Kier alpha value is -1.88. The molecular formula is C14H16N4S. The molecule has 98 valence electrons. The Morgan fingerprint density at radius 2 is 2.11 bits per heavy atom. The molecule has 0 aliphatic heterocycles. The van der Waals surface area contributed by atoms with E-state index < -0.39 is 0 Å². The van der Waals surface area contributed by atoms with Crippen LogP contribution in [-0.4, -0.2) is 13.9 Å². The zero-order chi connectivity index (χ0) is 13.4. The van der Waals surface area contributed by atoms with E-state index in [0.29, 0.717) is 5.92 Å². The lowest BCUT2D eigenvalue weighted by molar-refractivity contribution is 0.800. The highest BCUT2D eigenvalue weighted by molar-refractivity contribution is 7.09. The Bertz CT molecular complexity index is 711. The molecule has 0 saturated heterocycles. The second-order valence-electron chi connectivity index (χ2n) is 4.94. The molecule has 0 spiro atoms. The number of nitrogens with one attached hydrogen (secondary N) is 1. The number of hydrogen-bond donors (Lipinski definition) is 1. The molecular weight excluding hydrogens is 256 g/mol. The summed E-state index contributed by atoms with van der Waals surface area (Å²) in [5.74, 6) is 1.26. The van der Waals surface area contributed by atoms with Crippen LogP contribution in [0.25, 0.3) is 10.9 Å². The van der Waals surface area contributed by atoms with Gasteiger partial charge in [-0.2, -0.15) is 4.37 Å². The van der Waals surface area contributed by atoms with Crippen LogP contribution in [0.3, 0.4) is 0 Å². The lowest BCUT2D eigenvalue weighted by Crippen LogP contribution is -1.93. The topological polar surface area (TPSA) is 42.7 Å². The van der Waals surface area contributed by atoms with Gasteiger partial charge in [0.25, 0.3) is 0 Å². The van der Waals surface area contributed by atoms with E-state index in [0.717, 1.165) is 16.6 Å². The summed E-state index contributed by atoms with van der Waals surface area (Å²) in [4.78, 5) is 4.48. The molecule has 3 aromatic rings. The summed E-state index contributed by atoms with van der Waals surface area (Å²) in [6.45, 7) is 4.20. The average Bonchev–Trinajstić information content (AvgIpc) is 2.98. The van der Waals surface area contributed by atoms with Gasteiger partial charge >= 0.3 is 0 Å². The molecule has 0 saturated carbocycles. The molecule has 0 bridgehead atoms. The maximum absolute atomic E-state index is 4.48. The molecule has 1 aromatic carbocycles. The molecule has 0 aliphatic rings. The molecule has 1 N–H and O–H groups in total. The first-order valence-electron chi connectivity index (χ1n) is 6.29. The van der Waals surface area contributed by atoms with Gasteiger partial charge in [-0.05, 0) is 23.6 Å². The maximum atomic E-state index is 4.48. The summed E-state index contributed by atoms with van der Waals surface area (Å²) in [7, 11) is 2.05. The lowest BCUT2D eigenvalue weighted by atomic mass is 10.2. The van der Waals surface area contributed by atoms with E-state index in [1.165, 1.54) is 22.4 Å². The number of anilines is 2. The highest BCUT2D eigenvalue weighted by atomic mass is 32.1. The third-order valence-corrected chi connectivity index (χ3v) is 3.74. The van der Waals surface area contributed by atoms with Crippen molar-refractivity contribution >= 4 is 33.3 Å². The van der Waals surface area contributed by atoms with Crippen molar-refractivity contribution in [1.29, 1.82) is 0 Å². The molecule has 19 heavy (non-hydrogen) atoms. The Kier molecular flexibility index (Phi) is 2.98. The van der Waals surface area contributed by atoms with Crippen LogP contribution in [-0.2, 0) is 7.05 Å². The Balaban J connectivity index is 1.89. The van der Waals surface area contributed by atoms with Gasteiger partial charge in [0, 0.05) is 41.9 Å². The van der Waals surface area contributed by atoms with Crippen molar-refractivity contribution in [3.63, 3.8) is 0 Å². The molecule has 0 unspecified atom stereocenters. The first kappa shape index (κ1) is 12.2. The van der Waals surface area contributed by atoms with Gasteiger partial charge in [0.15, 0.2) is 0 Å². The van der Waals surface area contributed by atoms with Gasteiger partial charge in [0.2, 0.25) is 5.13 Å². The highest BCUT2D eigenvalue weighted by Crippen LogP contribution is 2.24. The molecule has 0 radical (unpaired) electrons. The quantitative estimate of drug-likeness (QED) is 0.786. The molecule has 4 nitrogen and oxygen atoms in total. The number of nitrogens with zero attached hydrogens (tertiary/aromatic N) is 3. The van der Waals surface area contributed by atoms with Crippen LogP contribution >= 0.6 is 11.5 Å². The zero-order valence-corrected chi connectivity index (χ0v) is 12.0. The van der Waals surface area contributed by atoms with Crippen molar-refractivity contribution in [1.82, 2.24) is 13.9 Å². The van der Waals surface area contributed by atoms with Gasteiger partial charge < -0.3 is 9.88 Å². The highest BCUT2D eigenvalue weighted by Gasteiger charge is 2.08. The van der Waals surface area contributed by atoms with Gasteiger partial charge in [-0.15, -0.1) is 0 Å². The van der Waals surface area contributed by atoms with E-state index in [1.54, 1.807) is 0 Å². The maximum Gasteiger partial charge on any atom is 0.207 e. The van der Waals surface area contributed by atoms with E-state index in [2.05, 4.69) is 63.6 Å². The minimum Gasteiger partial charge on any atom is -0.350 e. The largest absolute Gasteiger partial charge is 0.350 e. The van der Waals surface area contributed by atoms with Gasteiger partial charge in [0.1, 0.15) is 5.82 Å². The third kappa shape index (κ3) is 2.33. The summed E-state index contributed by atoms with van der Waals surface area (Å²) < 4.78 is 6.46. The zero-order valence-electron chi connectivity index (χ0n) is 11.2. The van der Waals surface area contributed by atoms with E-state index in [4.69, 9.17) is 0 Å². The normalized spacial score (nSPS) is 11.4. The monoisotopic (exact) mass is 272 g/mol. The van der Waals surface area contributed by atoms with Gasteiger partial charge in [-0.3, -0.25) is 0 Å². The summed E-state index contributed by atoms with van der Waals surface area (Å²) in [5, 5.41) is 5.41. The molecule has 0 atom stereocenters. The SMILES string of the molecule is CC(C)c1nsc(Nc2ccc3ccn(C)c3c2)n1. The van der Waals surface area contributed by atoms with Crippen LogP contribution in [0.1, 0.15) is 25.6 Å². The van der Waals surface area contributed by atoms with E-state index in [1.807, 2.05) is 7.05 Å². The molecule has 0 amide bonds. The number of aromatic nitrogens is 3. The fourth-order valence-corrected chi connectivity index (χ4v) is 2.71. The number of aryl methyl sites for hydroxylation is 1. The van der Waals surface area contributed by atoms with Crippen molar-refractivity contribution in [2.75, 3.05) is 5.32 Å². The number of fused-ring (bicyclic) bond motifs is 1. The first-order valence-corrected chi connectivity index (χ1v) is 7.06. The number of hydrogen-bond acceptors (Lipinski definition) is 4. The Labute approximate surface area is 116 Å². The second kappa shape index (κ2) is 4.66. The predicted octanol–water partition coefficient (Wildman–Crippen LogP) is 3.90. The van der Waals surface area contributed by atoms with Gasteiger partial charge in [0.05, 0.1) is 0 Å². The Morgan fingerprint density at radius 1 is 1.26 bits per heavy atom. The van der Waals surface area contributed by atoms with Gasteiger partial charge in [-0.1, -0.05) is 19.9 Å². The summed E-state index contributed by atoms with van der Waals surface area (Å²) in [6.07, 6.45) is 2.07. The van der Waals surface area contributed by atoms with Crippen LogP contribution in [0, 0.1) is 0 Å². The van der Waals surface area contributed by atoms with E-state index in [-0.39, 0.29) is 0 Å². The minimum atomic E-state index is 0.363. The van der Waals surface area contributed by atoms with Crippen molar-refractivity contribution < 1.29 is 0 Å². The number of rotatable bonds is 3. The molecule has 5 heteroatoms. The van der Waals surface area contributed by atoms with Gasteiger partial charge in [-0.25, -0.2) is 4.98 Å². The Morgan fingerprint density at radius 3 is 2.84 bits per heavy atom. The van der Waals surface area contributed by atoms with Crippen molar-refractivity contribution in [3.05, 3.63) is 36.3 Å². The van der Waals surface area contributed by atoms with E-state index >= 15 is 0 Å². The van der Waals surface area contributed by atoms with Crippen LogP contribution in [0.5, 0.6) is 0 Å². The second-order valence-corrected chi connectivity index (χ2v) is 5.69. The molecule has 0 aliphatic carbocycles.